The largest absolute Gasteiger partial charge is 0.416 e. The standard InChI is InChI=1S/C21H21F3N4OS/c1-13-6-7-17-18(14(13)2)26-20(30-17)28-10-8-27(9-11-28)19(29)25-16-5-3-4-15(12-16)21(22,23)24/h3-7,12H,8-11H2,1-2H3,(H,25,29). The van der Waals surface area contributed by atoms with Gasteiger partial charge in [-0.2, -0.15) is 13.2 Å². The number of nitrogens with zero attached hydrogens (tertiary/aromatic N) is 3. The molecule has 0 aliphatic carbocycles. The number of aryl methyl sites for hydroxylation is 2. The molecule has 5 nitrogen and oxygen atoms in total. The van der Waals surface area contributed by atoms with Gasteiger partial charge in [-0.05, 0) is 49.2 Å². The second-order valence-corrected chi connectivity index (χ2v) is 8.34. The Morgan fingerprint density at radius 1 is 1.10 bits per heavy atom. The molecule has 1 aliphatic heterocycles. The van der Waals surface area contributed by atoms with Gasteiger partial charge in [0, 0.05) is 31.9 Å². The highest BCUT2D eigenvalue weighted by molar-refractivity contribution is 7.22. The molecule has 2 aromatic carbocycles. The van der Waals surface area contributed by atoms with Gasteiger partial charge in [-0.1, -0.05) is 23.5 Å². The zero-order valence-corrected chi connectivity index (χ0v) is 17.4. The second-order valence-electron chi connectivity index (χ2n) is 7.33. The highest BCUT2D eigenvalue weighted by Gasteiger charge is 2.31. The molecule has 0 spiro atoms. The summed E-state index contributed by atoms with van der Waals surface area (Å²) in [6, 6.07) is 8.44. The minimum atomic E-state index is -4.44. The highest BCUT2D eigenvalue weighted by Crippen LogP contribution is 2.33. The van der Waals surface area contributed by atoms with E-state index in [9.17, 15) is 18.0 Å². The molecule has 1 aliphatic rings. The number of nitrogens with one attached hydrogen (secondary N) is 1. The molecule has 0 radical (unpaired) electrons. The fraction of sp³-hybridized carbons (Fsp3) is 0.333. The minimum absolute atomic E-state index is 0.134. The number of anilines is 2. The number of fused-ring (bicyclic) bond motifs is 1. The molecule has 1 N–H and O–H groups in total. The maximum absolute atomic E-state index is 12.9. The van der Waals surface area contributed by atoms with Crippen LogP contribution in [0.25, 0.3) is 10.2 Å². The third-order valence-electron chi connectivity index (χ3n) is 5.35. The molecule has 4 rings (SSSR count). The summed E-state index contributed by atoms with van der Waals surface area (Å²) < 4.78 is 39.7. The number of carbonyl (C=O) groups excluding carboxylic acids is 1. The topological polar surface area (TPSA) is 48.5 Å². The van der Waals surface area contributed by atoms with Crippen molar-refractivity contribution in [3.8, 4) is 0 Å². The lowest BCUT2D eigenvalue weighted by atomic mass is 10.1. The SMILES string of the molecule is Cc1ccc2sc(N3CCN(C(=O)Nc4cccc(C(F)(F)F)c4)CC3)nc2c1C. The van der Waals surface area contributed by atoms with Gasteiger partial charge in [-0.15, -0.1) is 0 Å². The van der Waals surface area contributed by atoms with E-state index in [0.717, 1.165) is 27.5 Å². The van der Waals surface area contributed by atoms with Crippen LogP contribution in [-0.2, 0) is 6.18 Å². The molecule has 9 heteroatoms. The first-order chi connectivity index (χ1) is 14.2. The fourth-order valence-corrected chi connectivity index (χ4v) is 4.50. The van der Waals surface area contributed by atoms with Gasteiger partial charge in [0.1, 0.15) is 0 Å². The van der Waals surface area contributed by atoms with Gasteiger partial charge < -0.3 is 15.1 Å². The van der Waals surface area contributed by atoms with E-state index in [1.807, 2.05) is 0 Å². The van der Waals surface area contributed by atoms with E-state index in [-0.39, 0.29) is 5.69 Å². The van der Waals surface area contributed by atoms with Gasteiger partial charge >= 0.3 is 12.2 Å². The van der Waals surface area contributed by atoms with Crippen LogP contribution >= 0.6 is 11.3 Å². The lowest BCUT2D eigenvalue weighted by molar-refractivity contribution is -0.137. The van der Waals surface area contributed by atoms with Crippen molar-refractivity contribution >= 4 is 38.4 Å². The van der Waals surface area contributed by atoms with Crippen LogP contribution in [0.5, 0.6) is 0 Å². The van der Waals surface area contributed by atoms with E-state index in [0.29, 0.717) is 26.2 Å². The van der Waals surface area contributed by atoms with Crippen LogP contribution in [0.2, 0.25) is 0 Å². The summed E-state index contributed by atoms with van der Waals surface area (Å²) >= 11 is 1.63. The van der Waals surface area contributed by atoms with Crippen LogP contribution < -0.4 is 10.2 Å². The van der Waals surface area contributed by atoms with Crippen LogP contribution in [0.1, 0.15) is 16.7 Å². The Morgan fingerprint density at radius 2 is 1.83 bits per heavy atom. The van der Waals surface area contributed by atoms with E-state index >= 15 is 0 Å². The van der Waals surface area contributed by atoms with Crippen LogP contribution in [-0.4, -0.2) is 42.1 Å². The molecular formula is C21H21F3N4OS. The summed E-state index contributed by atoms with van der Waals surface area (Å²) in [5.74, 6) is 0. The monoisotopic (exact) mass is 434 g/mol. The Kier molecular flexibility index (Phi) is 5.31. The average molecular weight is 434 g/mol. The summed E-state index contributed by atoms with van der Waals surface area (Å²) in [6.45, 7) is 6.31. The lowest BCUT2D eigenvalue weighted by Crippen LogP contribution is -2.50. The normalized spacial score (nSPS) is 15.0. The van der Waals surface area contributed by atoms with Crippen molar-refractivity contribution in [1.82, 2.24) is 9.88 Å². The summed E-state index contributed by atoms with van der Waals surface area (Å²) in [6.07, 6.45) is -4.44. The lowest BCUT2D eigenvalue weighted by Gasteiger charge is -2.34. The summed E-state index contributed by atoms with van der Waals surface area (Å²) in [5, 5.41) is 3.50. The molecule has 0 saturated carbocycles. The second kappa shape index (κ2) is 7.79. The molecule has 158 valence electrons. The van der Waals surface area contributed by atoms with Crippen molar-refractivity contribution in [2.75, 3.05) is 36.4 Å². The number of carbonyl (C=O) groups is 1. The van der Waals surface area contributed by atoms with Crippen molar-refractivity contribution in [1.29, 1.82) is 0 Å². The molecule has 1 aromatic heterocycles. The zero-order valence-electron chi connectivity index (χ0n) is 16.6. The van der Waals surface area contributed by atoms with E-state index in [2.05, 4.69) is 36.2 Å². The molecule has 0 atom stereocenters. The van der Waals surface area contributed by atoms with Crippen molar-refractivity contribution in [2.45, 2.75) is 20.0 Å². The van der Waals surface area contributed by atoms with E-state index in [1.165, 1.54) is 23.3 Å². The Morgan fingerprint density at radius 3 is 2.53 bits per heavy atom. The molecule has 0 bridgehead atoms. The van der Waals surface area contributed by atoms with Gasteiger partial charge in [-0.25, -0.2) is 9.78 Å². The molecule has 1 saturated heterocycles. The highest BCUT2D eigenvalue weighted by atomic mass is 32.1. The first-order valence-corrected chi connectivity index (χ1v) is 10.4. The number of piperazine rings is 1. The summed E-state index contributed by atoms with van der Waals surface area (Å²) in [7, 11) is 0. The number of urea groups is 1. The predicted octanol–water partition coefficient (Wildman–Crippen LogP) is 5.29. The van der Waals surface area contributed by atoms with E-state index in [4.69, 9.17) is 4.98 Å². The number of alkyl halides is 3. The van der Waals surface area contributed by atoms with Crippen LogP contribution in [0.4, 0.5) is 28.8 Å². The minimum Gasteiger partial charge on any atom is -0.345 e. The Bertz CT molecular complexity index is 1090. The quantitative estimate of drug-likeness (QED) is 0.597. The zero-order chi connectivity index (χ0) is 21.5. The van der Waals surface area contributed by atoms with Gasteiger partial charge in [0.05, 0.1) is 15.8 Å². The van der Waals surface area contributed by atoms with Crippen LogP contribution in [0, 0.1) is 13.8 Å². The van der Waals surface area contributed by atoms with E-state index in [1.54, 1.807) is 16.2 Å². The first-order valence-electron chi connectivity index (χ1n) is 9.57. The van der Waals surface area contributed by atoms with Gasteiger partial charge in [-0.3, -0.25) is 0 Å². The first kappa shape index (κ1) is 20.5. The number of halogens is 3. The maximum atomic E-state index is 12.9. The van der Waals surface area contributed by atoms with Crippen molar-refractivity contribution in [2.24, 2.45) is 0 Å². The number of benzene rings is 2. The molecule has 3 aromatic rings. The van der Waals surface area contributed by atoms with Gasteiger partial charge in [0.15, 0.2) is 5.13 Å². The predicted molar refractivity (Wildman–Crippen MR) is 113 cm³/mol. The van der Waals surface area contributed by atoms with Crippen molar-refractivity contribution in [3.05, 3.63) is 53.1 Å². The number of aromatic nitrogens is 1. The Labute approximate surface area is 176 Å². The van der Waals surface area contributed by atoms with Crippen LogP contribution in [0.15, 0.2) is 36.4 Å². The Hall–Kier alpha value is -2.81. The third-order valence-corrected chi connectivity index (χ3v) is 6.43. The summed E-state index contributed by atoms with van der Waals surface area (Å²) in [4.78, 5) is 21.0. The molecule has 2 heterocycles. The number of hydrogen-bond donors (Lipinski definition) is 1. The molecular weight excluding hydrogens is 413 g/mol. The van der Waals surface area contributed by atoms with Crippen molar-refractivity contribution in [3.63, 3.8) is 0 Å². The van der Waals surface area contributed by atoms with Gasteiger partial charge in [0.25, 0.3) is 0 Å². The molecule has 0 unspecified atom stereocenters. The molecule has 1 fully saturated rings. The number of thiazole rings is 1. The number of hydrogen-bond acceptors (Lipinski definition) is 4. The van der Waals surface area contributed by atoms with E-state index < -0.39 is 17.8 Å². The number of rotatable bonds is 2. The fourth-order valence-electron chi connectivity index (χ4n) is 3.43. The Balaban J connectivity index is 1.40. The van der Waals surface area contributed by atoms with Crippen molar-refractivity contribution < 1.29 is 18.0 Å². The smallest absolute Gasteiger partial charge is 0.345 e. The summed E-state index contributed by atoms with van der Waals surface area (Å²) in [5.41, 5.74) is 2.74. The molecule has 30 heavy (non-hydrogen) atoms. The van der Waals surface area contributed by atoms with Gasteiger partial charge in [0.2, 0.25) is 0 Å². The molecule has 2 amide bonds. The number of amides is 2. The third kappa shape index (κ3) is 4.07. The maximum Gasteiger partial charge on any atom is 0.416 e. The van der Waals surface area contributed by atoms with Crippen LogP contribution in [0.3, 0.4) is 0 Å². The average Bonchev–Trinajstić information content (AvgIpc) is 3.16.